The van der Waals surface area contributed by atoms with Crippen molar-refractivity contribution >= 4 is 11.0 Å². The zero-order valence-corrected chi connectivity index (χ0v) is 14.7. The molecular formula is C19H21N3O5. The van der Waals surface area contributed by atoms with E-state index in [4.69, 9.17) is 14.2 Å². The van der Waals surface area contributed by atoms with Crippen molar-refractivity contribution in [3.8, 4) is 17.2 Å². The Bertz CT molecular complexity index is 981. The molecule has 4 N–H and O–H groups in total. The predicted octanol–water partition coefficient (Wildman–Crippen LogP) is 1.16. The average Bonchev–Trinajstić information content (AvgIpc) is 3.28. The number of imidazole rings is 1. The van der Waals surface area contributed by atoms with Crippen LogP contribution in [0.25, 0.3) is 11.0 Å². The van der Waals surface area contributed by atoms with Crippen LogP contribution in [0.4, 0.5) is 0 Å². The monoisotopic (exact) mass is 371 g/mol. The van der Waals surface area contributed by atoms with E-state index in [1.54, 1.807) is 18.2 Å². The Morgan fingerprint density at radius 3 is 3.00 bits per heavy atom. The number of aliphatic hydroxyl groups is 1. The van der Waals surface area contributed by atoms with E-state index < -0.39 is 6.10 Å². The molecule has 1 unspecified atom stereocenters. The number of aromatic nitrogens is 2. The number of H-pyrrole nitrogens is 2. The lowest BCUT2D eigenvalue weighted by atomic mass is 10.1. The first kappa shape index (κ1) is 17.4. The molecule has 1 aliphatic rings. The molecule has 27 heavy (non-hydrogen) atoms. The molecule has 0 saturated heterocycles. The number of nitrogens with one attached hydrogen (secondary N) is 3. The van der Waals surface area contributed by atoms with Crippen LogP contribution in [-0.4, -0.2) is 47.7 Å². The van der Waals surface area contributed by atoms with Gasteiger partial charge in [-0.3, -0.25) is 0 Å². The number of benzene rings is 2. The van der Waals surface area contributed by atoms with Crippen LogP contribution in [0.15, 0.2) is 41.2 Å². The maximum absolute atomic E-state index is 11.4. The topological polar surface area (TPSA) is 109 Å². The molecule has 0 fully saturated rings. The fourth-order valence-electron chi connectivity index (χ4n) is 2.99. The third kappa shape index (κ3) is 4.07. The minimum absolute atomic E-state index is 0.128. The molecule has 0 saturated carbocycles. The number of rotatable bonds is 8. The van der Waals surface area contributed by atoms with Gasteiger partial charge < -0.3 is 34.6 Å². The highest BCUT2D eigenvalue weighted by Gasteiger charge is 2.13. The molecule has 2 aromatic carbocycles. The minimum atomic E-state index is -0.664. The van der Waals surface area contributed by atoms with Crippen LogP contribution < -0.4 is 25.2 Å². The minimum Gasteiger partial charge on any atom is -0.489 e. The van der Waals surface area contributed by atoms with E-state index in [-0.39, 0.29) is 19.1 Å². The van der Waals surface area contributed by atoms with Gasteiger partial charge in [0.2, 0.25) is 6.79 Å². The second kappa shape index (κ2) is 7.73. The van der Waals surface area contributed by atoms with E-state index in [2.05, 4.69) is 15.3 Å². The summed E-state index contributed by atoms with van der Waals surface area (Å²) in [6.45, 7) is 1.53. The standard InChI is InChI=1S/C19H21N3O5/c23-13(10-25-16-3-1-2-14-18(16)22-19(24)21-14)9-20-7-6-12-4-5-15-17(8-12)27-11-26-15/h1-5,8,13,20,23H,6-7,9-11H2,(H2,21,22,24). The summed E-state index contributed by atoms with van der Waals surface area (Å²) in [5, 5.41) is 13.3. The van der Waals surface area contributed by atoms with Gasteiger partial charge in [-0.05, 0) is 42.8 Å². The van der Waals surface area contributed by atoms with Crippen LogP contribution in [0.5, 0.6) is 17.2 Å². The first-order valence-electron chi connectivity index (χ1n) is 8.80. The highest BCUT2D eigenvalue weighted by atomic mass is 16.7. The molecule has 1 atom stereocenters. The Hall–Kier alpha value is -2.97. The van der Waals surface area contributed by atoms with E-state index in [0.717, 1.165) is 30.0 Å². The summed E-state index contributed by atoms with van der Waals surface area (Å²) in [6, 6.07) is 11.2. The Kier molecular flexibility index (Phi) is 4.99. The van der Waals surface area contributed by atoms with Crippen LogP contribution in [0.2, 0.25) is 0 Å². The average molecular weight is 371 g/mol. The van der Waals surface area contributed by atoms with E-state index in [9.17, 15) is 9.90 Å². The number of ether oxygens (including phenoxy) is 3. The first-order valence-corrected chi connectivity index (χ1v) is 8.80. The summed E-state index contributed by atoms with van der Waals surface area (Å²) in [5.74, 6) is 2.08. The fraction of sp³-hybridized carbons (Fsp3) is 0.316. The van der Waals surface area contributed by atoms with Gasteiger partial charge in [0.1, 0.15) is 24.0 Å². The van der Waals surface area contributed by atoms with E-state index in [1.807, 2.05) is 18.2 Å². The second-order valence-corrected chi connectivity index (χ2v) is 6.36. The molecule has 8 heteroatoms. The quantitative estimate of drug-likeness (QED) is 0.443. The lowest BCUT2D eigenvalue weighted by Gasteiger charge is -2.13. The van der Waals surface area contributed by atoms with Crippen molar-refractivity contribution in [1.82, 2.24) is 15.3 Å². The Labute approximate surface area is 155 Å². The Balaban J connectivity index is 1.22. The van der Waals surface area contributed by atoms with Gasteiger partial charge in [0.15, 0.2) is 11.5 Å². The van der Waals surface area contributed by atoms with E-state index >= 15 is 0 Å². The summed E-state index contributed by atoms with van der Waals surface area (Å²) in [4.78, 5) is 16.8. The first-order chi connectivity index (χ1) is 13.2. The highest BCUT2D eigenvalue weighted by Crippen LogP contribution is 2.32. The third-order valence-electron chi connectivity index (χ3n) is 4.35. The lowest BCUT2D eigenvalue weighted by molar-refractivity contribution is 0.107. The number of fused-ring (bicyclic) bond motifs is 2. The van der Waals surface area contributed by atoms with Crippen molar-refractivity contribution in [2.24, 2.45) is 0 Å². The van der Waals surface area contributed by atoms with Gasteiger partial charge in [0.25, 0.3) is 0 Å². The number of para-hydroxylation sites is 1. The van der Waals surface area contributed by atoms with Crippen LogP contribution in [-0.2, 0) is 6.42 Å². The zero-order valence-electron chi connectivity index (χ0n) is 14.7. The van der Waals surface area contributed by atoms with Crippen molar-refractivity contribution in [2.45, 2.75) is 12.5 Å². The summed E-state index contributed by atoms with van der Waals surface area (Å²) in [6.07, 6.45) is 0.149. The number of aliphatic hydroxyl groups excluding tert-OH is 1. The maximum atomic E-state index is 11.4. The Morgan fingerprint density at radius 2 is 2.07 bits per heavy atom. The maximum Gasteiger partial charge on any atom is 0.323 e. The normalized spacial score (nSPS) is 13.8. The molecular weight excluding hydrogens is 350 g/mol. The third-order valence-corrected chi connectivity index (χ3v) is 4.35. The van der Waals surface area contributed by atoms with Crippen LogP contribution in [0, 0.1) is 0 Å². The summed E-state index contributed by atoms with van der Waals surface area (Å²) in [5.41, 5.74) is 2.13. The summed E-state index contributed by atoms with van der Waals surface area (Å²) >= 11 is 0. The van der Waals surface area contributed by atoms with Gasteiger partial charge >= 0.3 is 5.69 Å². The summed E-state index contributed by atoms with van der Waals surface area (Å²) < 4.78 is 16.3. The molecule has 0 spiro atoms. The molecule has 2 heterocycles. The van der Waals surface area contributed by atoms with Gasteiger partial charge in [-0.25, -0.2) is 4.79 Å². The molecule has 4 rings (SSSR count). The van der Waals surface area contributed by atoms with Gasteiger partial charge in [0.05, 0.1) is 5.52 Å². The number of hydrogen-bond donors (Lipinski definition) is 4. The number of hydrogen-bond acceptors (Lipinski definition) is 6. The predicted molar refractivity (Wildman–Crippen MR) is 99.6 cm³/mol. The fourth-order valence-corrected chi connectivity index (χ4v) is 2.99. The van der Waals surface area contributed by atoms with Crippen LogP contribution in [0.1, 0.15) is 5.56 Å². The molecule has 1 aromatic heterocycles. The largest absolute Gasteiger partial charge is 0.489 e. The zero-order chi connectivity index (χ0) is 18.6. The SMILES string of the molecule is O=c1[nH]c2cccc(OCC(O)CNCCc3ccc4c(c3)OCO4)c2[nH]1. The van der Waals surface area contributed by atoms with Gasteiger partial charge in [-0.2, -0.15) is 0 Å². The Morgan fingerprint density at radius 1 is 1.19 bits per heavy atom. The van der Waals surface area contributed by atoms with Crippen molar-refractivity contribution in [3.63, 3.8) is 0 Å². The molecule has 0 aliphatic carbocycles. The van der Waals surface area contributed by atoms with E-state index in [0.29, 0.717) is 23.3 Å². The van der Waals surface area contributed by atoms with Crippen molar-refractivity contribution in [3.05, 3.63) is 52.4 Å². The molecule has 8 nitrogen and oxygen atoms in total. The van der Waals surface area contributed by atoms with E-state index in [1.165, 1.54) is 0 Å². The number of aromatic amines is 2. The molecule has 142 valence electrons. The highest BCUT2D eigenvalue weighted by molar-refractivity contribution is 5.80. The van der Waals surface area contributed by atoms with Gasteiger partial charge in [-0.15, -0.1) is 0 Å². The van der Waals surface area contributed by atoms with Crippen molar-refractivity contribution in [1.29, 1.82) is 0 Å². The molecule has 0 amide bonds. The molecule has 3 aromatic rings. The molecule has 0 radical (unpaired) electrons. The van der Waals surface area contributed by atoms with Gasteiger partial charge in [-0.1, -0.05) is 12.1 Å². The molecule has 1 aliphatic heterocycles. The summed E-state index contributed by atoms with van der Waals surface area (Å²) in [7, 11) is 0. The van der Waals surface area contributed by atoms with Crippen LogP contribution >= 0.6 is 0 Å². The van der Waals surface area contributed by atoms with Crippen molar-refractivity contribution in [2.75, 3.05) is 26.5 Å². The lowest BCUT2D eigenvalue weighted by Crippen LogP contribution is -2.32. The molecule has 0 bridgehead atoms. The van der Waals surface area contributed by atoms with Gasteiger partial charge in [0, 0.05) is 6.54 Å². The van der Waals surface area contributed by atoms with Crippen molar-refractivity contribution < 1.29 is 19.3 Å². The van der Waals surface area contributed by atoms with Crippen LogP contribution in [0.3, 0.4) is 0 Å². The second-order valence-electron chi connectivity index (χ2n) is 6.36. The smallest absolute Gasteiger partial charge is 0.323 e.